The number of aromatic nitrogens is 1. The number of hydrogen-bond acceptors (Lipinski definition) is 1. The Kier molecular flexibility index (Phi) is 5.63. The van der Waals surface area contributed by atoms with E-state index in [2.05, 4.69) is 163 Å². The summed E-state index contributed by atoms with van der Waals surface area (Å²) < 4.78 is 2.54. The van der Waals surface area contributed by atoms with E-state index in [0.29, 0.717) is 0 Å². The highest BCUT2D eigenvalue weighted by Gasteiger charge is 2.57. The minimum atomic E-state index is -0.0764. The molecule has 0 bridgehead atoms. The smallest absolute Gasteiger partial charge is 0.0552 e. The molecular formula is C42H41NS. The first-order valence-electron chi connectivity index (χ1n) is 15.9. The first-order valence-corrected chi connectivity index (χ1v) is 16.8. The standard InChI is InChI=1S/C42H41NS/c1-39(2)31-19-12-13-20-37(31)44-38-25-36-30(23-34(38)39)29-22-32-33(41(5,6)42(7,8)40(32,3)4)24-35(29)43(36)28-18-14-17-27(21-28)26-15-10-9-11-16-26/h9-25H,1-8H3. The van der Waals surface area contributed by atoms with Crippen molar-refractivity contribution >= 4 is 33.6 Å². The van der Waals surface area contributed by atoms with Gasteiger partial charge in [0.1, 0.15) is 0 Å². The van der Waals surface area contributed by atoms with Crippen LogP contribution in [-0.4, -0.2) is 4.57 Å². The summed E-state index contributed by atoms with van der Waals surface area (Å²) in [6.45, 7) is 19.5. The Labute approximate surface area is 266 Å². The van der Waals surface area contributed by atoms with Gasteiger partial charge in [0.05, 0.1) is 11.0 Å². The fourth-order valence-corrected chi connectivity index (χ4v) is 9.63. The van der Waals surface area contributed by atoms with Crippen molar-refractivity contribution in [1.82, 2.24) is 4.57 Å². The molecule has 0 N–H and O–H groups in total. The van der Waals surface area contributed by atoms with Crippen LogP contribution < -0.4 is 0 Å². The van der Waals surface area contributed by atoms with Gasteiger partial charge in [0.15, 0.2) is 0 Å². The number of rotatable bonds is 2. The zero-order valence-electron chi connectivity index (χ0n) is 27.2. The number of nitrogens with zero attached hydrogens (tertiary/aromatic N) is 1. The van der Waals surface area contributed by atoms with E-state index in [1.165, 1.54) is 70.7 Å². The zero-order valence-corrected chi connectivity index (χ0v) is 28.0. The van der Waals surface area contributed by atoms with Gasteiger partial charge in [-0.05, 0) is 92.1 Å². The molecule has 1 aromatic heterocycles. The summed E-state index contributed by atoms with van der Waals surface area (Å²) in [5.74, 6) is 0. The molecule has 0 amide bonds. The maximum absolute atomic E-state index is 2.56. The molecule has 2 heterocycles. The summed E-state index contributed by atoms with van der Waals surface area (Å²) in [7, 11) is 0. The second-order valence-corrected chi connectivity index (χ2v) is 16.2. The fraction of sp³-hybridized carbons (Fsp3) is 0.286. The molecule has 2 heteroatoms. The van der Waals surface area contributed by atoms with Crippen LogP contribution in [0.3, 0.4) is 0 Å². The van der Waals surface area contributed by atoms with Crippen molar-refractivity contribution in [3.05, 3.63) is 125 Å². The Morgan fingerprint density at radius 3 is 1.80 bits per heavy atom. The lowest BCUT2D eigenvalue weighted by Gasteiger charge is -2.44. The lowest BCUT2D eigenvalue weighted by molar-refractivity contribution is 0.125. The van der Waals surface area contributed by atoms with Crippen LogP contribution in [0.2, 0.25) is 0 Å². The molecule has 1 nitrogen and oxygen atoms in total. The van der Waals surface area contributed by atoms with Crippen LogP contribution in [-0.2, 0) is 16.2 Å². The van der Waals surface area contributed by atoms with Crippen molar-refractivity contribution in [2.24, 2.45) is 5.41 Å². The predicted octanol–water partition coefficient (Wildman–Crippen LogP) is 11.8. The first kappa shape index (κ1) is 27.8. The molecule has 6 aromatic rings. The quantitative estimate of drug-likeness (QED) is 0.194. The van der Waals surface area contributed by atoms with E-state index in [4.69, 9.17) is 0 Å². The molecule has 0 atom stereocenters. The summed E-state index contributed by atoms with van der Waals surface area (Å²) >= 11 is 1.92. The first-order chi connectivity index (χ1) is 20.8. The second-order valence-electron chi connectivity index (χ2n) is 15.1. The van der Waals surface area contributed by atoms with Crippen LogP contribution in [0.5, 0.6) is 0 Å². The fourth-order valence-electron chi connectivity index (χ4n) is 8.22. The molecule has 44 heavy (non-hydrogen) atoms. The summed E-state index contributed by atoms with van der Waals surface area (Å²) in [4.78, 5) is 2.72. The molecule has 0 saturated heterocycles. The molecule has 0 radical (unpaired) electrons. The van der Waals surface area contributed by atoms with Crippen LogP contribution >= 0.6 is 11.8 Å². The lowest BCUT2D eigenvalue weighted by atomic mass is 9.59. The van der Waals surface area contributed by atoms with E-state index in [0.717, 1.165) is 0 Å². The van der Waals surface area contributed by atoms with E-state index in [1.807, 2.05) is 11.8 Å². The van der Waals surface area contributed by atoms with E-state index in [1.54, 1.807) is 0 Å². The van der Waals surface area contributed by atoms with Crippen molar-refractivity contribution in [1.29, 1.82) is 0 Å². The third-order valence-corrected chi connectivity index (χ3v) is 13.3. The van der Waals surface area contributed by atoms with Gasteiger partial charge in [-0.1, -0.05) is 128 Å². The monoisotopic (exact) mass is 591 g/mol. The largest absolute Gasteiger partial charge is 0.309 e. The molecule has 0 spiro atoms. The van der Waals surface area contributed by atoms with E-state index < -0.39 is 0 Å². The summed E-state index contributed by atoms with van der Waals surface area (Å²) in [6, 6.07) is 38.9. The summed E-state index contributed by atoms with van der Waals surface area (Å²) in [5.41, 5.74) is 12.2. The van der Waals surface area contributed by atoms with E-state index in [-0.39, 0.29) is 21.7 Å². The van der Waals surface area contributed by atoms with Gasteiger partial charge in [-0.25, -0.2) is 0 Å². The van der Waals surface area contributed by atoms with Gasteiger partial charge in [-0.15, -0.1) is 0 Å². The third-order valence-electron chi connectivity index (χ3n) is 12.1. The molecule has 2 aliphatic rings. The Hall–Kier alpha value is -3.75. The molecule has 220 valence electrons. The third kappa shape index (κ3) is 3.49. The highest BCUT2D eigenvalue weighted by Crippen LogP contribution is 2.62. The number of fused-ring (bicyclic) bond motifs is 6. The molecule has 5 aromatic carbocycles. The van der Waals surface area contributed by atoms with Gasteiger partial charge in [0.2, 0.25) is 0 Å². The van der Waals surface area contributed by atoms with Crippen LogP contribution in [0.15, 0.2) is 113 Å². The van der Waals surface area contributed by atoms with Crippen LogP contribution in [0.25, 0.3) is 38.6 Å². The predicted molar refractivity (Wildman–Crippen MR) is 189 cm³/mol. The van der Waals surface area contributed by atoms with Gasteiger partial charge in [-0.3, -0.25) is 0 Å². The average Bonchev–Trinajstić information content (AvgIpc) is 3.36. The minimum absolute atomic E-state index is 0.0337. The average molecular weight is 592 g/mol. The van der Waals surface area contributed by atoms with Crippen molar-refractivity contribution in [3.63, 3.8) is 0 Å². The van der Waals surface area contributed by atoms with Gasteiger partial charge in [-0.2, -0.15) is 0 Å². The van der Waals surface area contributed by atoms with Gasteiger partial charge in [0, 0.05) is 31.7 Å². The molecule has 0 saturated carbocycles. The van der Waals surface area contributed by atoms with Gasteiger partial charge in [0.25, 0.3) is 0 Å². The summed E-state index contributed by atoms with van der Waals surface area (Å²) in [5, 5.41) is 2.70. The minimum Gasteiger partial charge on any atom is -0.309 e. The van der Waals surface area contributed by atoms with E-state index in [9.17, 15) is 0 Å². The van der Waals surface area contributed by atoms with Crippen molar-refractivity contribution < 1.29 is 0 Å². The topological polar surface area (TPSA) is 4.93 Å². The Balaban J connectivity index is 1.48. The molecule has 0 unspecified atom stereocenters. The highest BCUT2D eigenvalue weighted by atomic mass is 32.2. The number of benzene rings is 5. The van der Waals surface area contributed by atoms with Gasteiger partial charge < -0.3 is 4.57 Å². The normalized spacial score (nSPS) is 18.6. The van der Waals surface area contributed by atoms with Gasteiger partial charge >= 0.3 is 0 Å². The zero-order chi connectivity index (χ0) is 30.8. The SMILES string of the molecule is CC1(C)c2ccccc2Sc2cc3c(cc21)c1cc2c(cc1n3-c1cccc(-c3ccccc3)c1)C(C)(C)C(C)(C)C2(C)C. The van der Waals surface area contributed by atoms with Crippen LogP contribution in [0, 0.1) is 5.41 Å². The second kappa shape index (κ2) is 8.92. The van der Waals surface area contributed by atoms with Crippen LogP contribution in [0.1, 0.15) is 77.6 Å². The molecular weight excluding hydrogens is 551 g/mol. The molecule has 1 aliphatic heterocycles. The Morgan fingerprint density at radius 2 is 1.07 bits per heavy atom. The number of hydrogen-bond donors (Lipinski definition) is 0. The van der Waals surface area contributed by atoms with Crippen molar-refractivity contribution in [3.8, 4) is 16.8 Å². The molecule has 0 fully saturated rings. The Morgan fingerprint density at radius 1 is 0.477 bits per heavy atom. The van der Waals surface area contributed by atoms with Crippen molar-refractivity contribution in [2.75, 3.05) is 0 Å². The maximum atomic E-state index is 2.56. The van der Waals surface area contributed by atoms with Crippen molar-refractivity contribution in [2.45, 2.75) is 81.4 Å². The Bertz CT molecular complexity index is 2140. The summed E-state index contributed by atoms with van der Waals surface area (Å²) in [6.07, 6.45) is 0. The molecule has 8 rings (SSSR count). The highest BCUT2D eigenvalue weighted by molar-refractivity contribution is 7.99. The maximum Gasteiger partial charge on any atom is 0.0552 e. The lowest BCUT2D eigenvalue weighted by Crippen LogP contribution is -2.42. The molecule has 1 aliphatic carbocycles. The van der Waals surface area contributed by atoms with E-state index >= 15 is 0 Å². The van der Waals surface area contributed by atoms with Crippen LogP contribution in [0.4, 0.5) is 0 Å².